The number of nitrogen functional groups attached to an aromatic ring is 1. The van der Waals surface area contributed by atoms with Crippen LogP contribution < -0.4 is 16.8 Å². The van der Waals surface area contributed by atoms with Crippen LogP contribution in [0.4, 0.5) is 11.4 Å². The summed E-state index contributed by atoms with van der Waals surface area (Å²) in [7, 11) is 0. The summed E-state index contributed by atoms with van der Waals surface area (Å²) in [6.07, 6.45) is 2.30. The maximum absolute atomic E-state index is 6.00. The van der Waals surface area contributed by atoms with Gasteiger partial charge in [-0.25, -0.2) is 0 Å². The molecule has 1 aromatic carbocycles. The molecule has 0 heterocycles. The van der Waals surface area contributed by atoms with Crippen molar-refractivity contribution >= 4 is 17.2 Å². The fraction of sp³-hybridized carbons (Fsp3) is 0.500. The average molecular weight is 248 g/mol. The van der Waals surface area contributed by atoms with Gasteiger partial charge >= 0.3 is 0 Å². The van der Waals surface area contributed by atoms with Crippen LogP contribution in [-0.2, 0) is 0 Å². The Balaban J connectivity index is 2.79. The first-order valence-electron chi connectivity index (χ1n) is 6.51. The van der Waals surface area contributed by atoms with Gasteiger partial charge in [0.1, 0.15) is 5.84 Å². The molecule has 0 amide bonds. The number of unbranched alkanes of at least 4 members (excludes halogenated alkanes) is 1. The smallest absolute Gasteiger partial charge is 0.125 e. The molecule has 1 aromatic rings. The Kier molecular flexibility index (Phi) is 5.49. The second-order valence-electron chi connectivity index (χ2n) is 4.69. The number of anilines is 2. The highest BCUT2D eigenvalue weighted by molar-refractivity contribution is 5.99. The number of aliphatic imine (C=N–C) groups is 1. The van der Waals surface area contributed by atoms with E-state index in [9.17, 15) is 0 Å². The minimum absolute atomic E-state index is 0.189. The third-order valence-electron chi connectivity index (χ3n) is 2.59. The minimum Gasteiger partial charge on any atom is -0.397 e. The molecule has 0 aromatic heterocycles. The molecule has 0 radical (unpaired) electrons. The van der Waals surface area contributed by atoms with Gasteiger partial charge in [-0.1, -0.05) is 13.3 Å². The summed E-state index contributed by atoms with van der Waals surface area (Å²) in [5.74, 6) is 0.539. The van der Waals surface area contributed by atoms with E-state index in [4.69, 9.17) is 11.5 Å². The van der Waals surface area contributed by atoms with Gasteiger partial charge in [-0.15, -0.1) is 0 Å². The number of hydrogen-bond acceptors (Lipinski definition) is 3. The van der Waals surface area contributed by atoms with Crippen LogP contribution in [-0.4, -0.2) is 18.4 Å². The van der Waals surface area contributed by atoms with E-state index >= 15 is 0 Å². The lowest BCUT2D eigenvalue weighted by atomic mass is 10.1. The fourth-order valence-corrected chi connectivity index (χ4v) is 1.64. The largest absolute Gasteiger partial charge is 0.397 e. The molecule has 0 aliphatic carbocycles. The number of rotatable bonds is 6. The predicted octanol–water partition coefficient (Wildman–Crippen LogP) is 2.59. The monoisotopic (exact) mass is 248 g/mol. The van der Waals surface area contributed by atoms with Crippen molar-refractivity contribution in [2.75, 3.05) is 17.6 Å². The Morgan fingerprint density at radius 3 is 2.67 bits per heavy atom. The molecule has 0 bridgehead atoms. The Hall–Kier alpha value is -1.71. The quantitative estimate of drug-likeness (QED) is 0.313. The highest BCUT2D eigenvalue weighted by atomic mass is 14.9. The third kappa shape index (κ3) is 4.28. The van der Waals surface area contributed by atoms with Crippen LogP contribution in [0.15, 0.2) is 23.2 Å². The van der Waals surface area contributed by atoms with Gasteiger partial charge in [0, 0.05) is 18.2 Å². The standard InChI is InChI=1S/C14H24N4/c1-4-5-8-17-13-7-6-11(9-12(13)15)14(16)18-10(2)3/h6-7,9-10,17H,4-5,8,15H2,1-3H3,(H2,16,18). The van der Waals surface area contributed by atoms with Crippen molar-refractivity contribution in [3.8, 4) is 0 Å². The molecule has 100 valence electrons. The molecule has 0 saturated heterocycles. The van der Waals surface area contributed by atoms with Crippen LogP contribution in [0.5, 0.6) is 0 Å². The zero-order chi connectivity index (χ0) is 13.5. The molecule has 0 aliphatic rings. The van der Waals surface area contributed by atoms with Crippen molar-refractivity contribution < 1.29 is 0 Å². The highest BCUT2D eigenvalue weighted by Crippen LogP contribution is 2.20. The predicted molar refractivity (Wildman–Crippen MR) is 80.1 cm³/mol. The summed E-state index contributed by atoms with van der Waals surface area (Å²) < 4.78 is 0. The fourth-order valence-electron chi connectivity index (χ4n) is 1.64. The Morgan fingerprint density at radius 2 is 2.11 bits per heavy atom. The van der Waals surface area contributed by atoms with Crippen molar-refractivity contribution in [2.45, 2.75) is 39.7 Å². The van der Waals surface area contributed by atoms with E-state index in [2.05, 4.69) is 17.2 Å². The number of nitrogens with zero attached hydrogens (tertiary/aromatic N) is 1. The van der Waals surface area contributed by atoms with Crippen molar-refractivity contribution in [2.24, 2.45) is 10.7 Å². The number of nitrogens with two attached hydrogens (primary N) is 2. The molecule has 4 heteroatoms. The molecular weight excluding hydrogens is 224 g/mol. The van der Waals surface area contributed by atoms with Crippen molar-refractivity contribution in [3.63, 3.8) is 0 Å². The molecule has 4 nitrogen and oxygen atoms in total. The molecule has 0 aliphatic heterocycles. The second-order valence-corrected chi connectivity index (χ2v) is 4.69. The lowest BCUT2D eigenvalue weighted by Crippen LogP contribution is -2.16. The second kappa shape index (κ2) is 6.89. The molecule has 0 atom stereocenters. The van der Waals surface area contributed by atoms with Crippen LogP contribution in [0.3, 0.4) is 0 Å². The molecular formula is C14H24N4. The molecule has 0 spiro atoms. The first kappa shape index (κ1) is 14.4. The number of amidine groups is 1. The van der Waals surface area contributed by atoms with Crippen LogP contribution in [0.2, 0.25) is 0 Å². The average Bonchev–Trinajstić information content (AvgIpc) is 2.30. The summed E-state index contributed by atoms with van der Waals surface area (Å²) in [6, 6.07) is 5.97. The molecule has 1 rings (SSSR count). The number of benzene rings is 1. The normalized spacial score (nSPS) is 11.9. The van der Waals surface area contributed by atoms with Gasteiger partial charge in [-0.05, 0) is 38.5 Å². The summed E-state index contributed by atoms with van der Waals surface area (Å²) in [5, 5.41) is 3.32. The van der Waals surface area contributed by atoms with Crippen LogP contribution in [0.1, 0.15) is 39.2 Å². The minimum atomic E-state index is 0.189. The number of nitrogens with one attached hydrogen (secondary N) is 1. The first-order chi connectivity index (χ1) is 8.54. The van der Waals surface area contributed by atoms with Crippen LogP contribution in [0, 0.1) is 0 Å². The molecule has 0 unspecified atom stereocenters. The van der Waals surface area contributed by atoms with E-state index in [0.29, 0.717) is 11.5 Å². The van der Waals surface area contributed by atoms with Gasteiger partial charge in [0.25, 0.3) is 0 Å². The van der Waals surface area contributed by atoms with Gasteiger partial charge < -0.3 is 16.8 Å². The van der Waals surface area contributed by atoms with E-state index in [1.54, 1.807) is 0 Å². The Bertz CT molecular complexity index is 410. The zero-order valence-electron chi connectivity index (χ0n) is 11.5. The topological polar surface area (TPSA) is 76.4 Å². The van der Waals surface area contributed by atoms with Gasteiger partial charge in [0.2, 0.25) is 0 Å². The molecule has 18 heavy (non-hydrogen) atoms. The van der Waals surface area contributed by atoms with E-state index in [1.165, 1.54) is 6.42 Å². The molecule has 5 N–H and O–H groups in total. The van der Waals surface area contributed by atoms with E-state index in [0.717, 1.165) is 24.2 Å². The summed E-state index contributed by atoms with van der Waals surface area (Å²) in [5.41, 5.74) is 14.5. The van der Waals surface area contributed by atoms with Gasteiger partial charge in [0.05, 0.1) is 11.4 Å². The van der Waals surface area contributed by atoms with Gasteiger partial charge in [-0.2, -0.15) is 0 Å². The van der Waals surface area contributed by atoms with Crippen LogP contribution in [0.25, 0.3) is 0 Å². The first-order valence-corrected chi connectivity index (χ1v) is 6.51. The highest BCUT2D eigenvalue weighted by Gasteiger charge is 2.04. The van der Waals surface area contributed by atoms with Crippen molar-refractivity contribution in [1.82, 2.24) is 0 Å². The zero-order valence-corrected chi connectivity index (χ0v) is 11.5. The Labute approximate surface area is 109 Å². The maximum atomic E-state index is 6.00. The molecule has 0 fully saturated rings. The summed E-state index contributed by atoms with van der Waals surface area (Å²) >= 11 is 0. The van der Waals surface area contributed by atoms with E-state index in [1.807, 2.05) is 32.0 Å². The lowest BCUT2D eigenvalue weighted by molar-refractivity contribution is 0.833. The maximum Gasteiger partial charge on any atom is 0.125 e. The van der Waals surface area contributed by atoms with Crippen LogP contribution >= 0.6 is 0 Å². The van der Waals surface area contributed by atoms with Gasteiger partial charge in [0.15, 0.2) is 0 Å². The number of hydrogen-bond donors (Lipinski definition) is 3. The van der Waals surface area contributed by atoms with Gasteiger partial charge in [-0.3, -0.25) is 4.99 Å². The van der Waals surface area contributed by atoms with E-state index < -0.39 is 0 Å². The molecule has 0 saturated carbocycles. The SMILES string of the molecule is CCCCNc1ccc(C(N)=NC(C)C)cc1N. The summed E-state index contributed by atoms with van der Waals surface area (Å²) in [6.45, 7) is 7.10. The Morgan fingerprint density at radius 1 is 1.39 bits per heavy atom. The van der Waals surface area contributed by atoms with Crippen molar-refractivity contribution in [1.29, 1.82) is 0 Å². The van der Waals surface area contributed by atoms with E-state index in [-0.39, 0.29) is 6.04 Å². The van der Waals surface area contributed by atoms with Crippen molar-refractivity contribution in [3.05, 3.63) is 23.8 Å². The lowest BCUT2D eigenvalue weighted by Gasteiger charge is -2.11. The third-order valence-corrected chi connectivity index (χ3v) is 2.59. The summed E-state index contributed by atoms with van der Waals surface area (Å²) in [4.78, 5) is 4.31.